The molecule has 0 aliphatic carbocycles. The fraction of sp³-hybridized carbons (Fsp3) is 0.238. The SMILES string of the molecule is CC(C)(Oc1ccc(CCOc2ccc(C=C(S)C(=O)O)cc2)cc1)C(=O)O. The van der Waals surface area contributed by atoms with Crippen molar-refractivity contribution in [2.45, 2.75) is 25.9 Å². The summed E-state index contributed by atoms with van der Waals surface area (Å²) in [5.74, 6) is -0.936. The predicted molar refractivity (Wildman–Crippen MR) is 109 cm³/mol. The van der Waals surface area contributed by atoms with E-state index in [1.54, 1.807) is 36.4 Å². The molecule has 0 radical (unpaired) electrons. The molecule has 2 aromatic rings. The molecule has 0 saturated carbocycles. The lowest BCUT2D eigenvalue weighted by Gasteiger charge is -2.21. The lowest BCUT2D eigenvalue weighted by Crippen LogP contribution is -2.37. The number of benzene rings is 2. The molecular weight excluding hydrogens is 380 g/mol. The maximum absolute atomic E-state index is 11.1. The molecule has 0 heterocycles. The molecule has 0 aliphatic rings. The van der Waals surface area contributed by atoms with Crippen molar-refractivity contribution >= 4 is 30.6 Å². The Morgan fingerprint density at radius 1 is 1.00 bits per heavy atom. The Bertz CT molecular complexity index is 853. The quantitative estimate of drug-likeness (QED) is 0.435. The predicted octanol–water partition coefficient (Wildman–Crippen LogP) is 3.91. The summed E-state index contributed by atoms with van der Waals surface area (Å²) in [4.78, 5) is 21.8. The first-order valence-corrected chi connectivity index (χ1v) is 9.00. The Morgan fingerprint density at radius 3 is 2.11 bits per heavy atom. The molecule has 0 spiro atoms. The van der Waals surface area contributed by atoms with Crippen LogP contribution in [0.25, 0.3) is 6.08 Å². The van der Waals surface area contributed by atoms with E-state index >= 15 is 0 Å². The van der Waals surface area contributed by atoms with Gasteiger partial charge in [-0.3, -0.25) is 0 Å². The van der Waals surface area contributed by atoms with Gasteiger partial charge >= 0.3 is 11.9 Å². The number of hydrogen-bond acceptors (Lipinski definition) is 5. The van der Waals surface area contributed by atoms with E-state index in [0.29, 0.717) is 24.5 Å². The third-order valence-corrected chi connectivity index (χ3v) is 4.19. The lowest BCUT2D eigenvalue weighted by molar-refractivity contribution is -0.152. The van der Waals surface area contributed by atoms with Gasteiger partial charge in [0.25, 0.3) is 0 Å². The molecule has 7 heteroatoms. The number of hydrogen-bond donors (Lipinski definition) is 3. The fourth-order valence-corrected chi connectivity index (χ4v) is 2.38. The smallest absolute Gasteiger partial charge is 0.347 e. The Kier molecular flexibility index (Phi) is 7.12. The van der Waals surface area contributed by atoms with E-state index in [-0.39, 0.29) is 4.91 Å². The summed E-state index contributed by atoms with van der Waals surface area (Å²) in [6, 6.07) is 14.2. The summed E-state index contributed by atoms with van der Waals surface area (Å²) in [7, 11) is 0. The van der Waals surface area contributed by atoms with E-state index in [0.717, 1.165) is 11.1 Å². The molecule has 0 amide bonds. The molecule has 6 nitrogen and oxygen atoms in total. The number of ether oxygens (including phenoxy) is 2. The molecule has 2 rings (SSSR count). The zero-order valence-corrected chi connectivity index (χ0v) is 16.5. The van der Waals surface area contributed by atoms with Crippen LogP contribution in [0.2, 0.25) is 0 Å². The zero-order chi connectivity index (χ0) is 20.7. The van der Waals surface area contributed by atoms with E-state index in [1.807, 2.05) is 12.1 Å². The molecule has 28 heavy (non-hydrogen) atoms. The molecule has 2 aromatic carbocycles. The number of aliphatic carboxylic acids is 2. The van der Waals surface area contributed by atoms with E-state index in [4.69, 9.17) is 19.7 Å². The van der Waals surface area contributed by atoms with Gasteiger partial charge in [-0.05, 0) is 55.3 Å². The number of thiol groups is 1. The standard InChI is InChI=1S/C21H22O6S/c1-21(2,20(24)25)27-17-9-3-14(4-10-17)11-12-26-16-7-5-15(6-8-16)13-18(28)19(22)23/h3-10,13,28H,11-12H2,1-2H3,(H,22,23)(H,24,25). The van der Waals surface area contributed by atoms with Gasteiger partial charge in [0.2, 0.25) is 0 Å². The van der Waals surface area contributed by atoms with E-state index < -0.39 is 17.5 Å². The highest BCUT2D eigenvalue weighted by atomic mass is 32.1. The van der Waals surface area contributed by atoms with Crippen LogP contribution in [0.1, 0.15) is 25.0 Å². The minimum atomic E-state index is -1.29. The maximum Gasteiger partial charge on any atom is 0.347 e. The summed E-state index contributed by atoms with van der Waals surface area (Å²) < 4.78 is 11.2. The highest BCUT2D eigenvalue weighted by molar-refractivity contribution is 7.85. The van der Waals surface area contributed by atoms with Crippen molar-refractivity contribution in [3.63, 3.8) is 0 Å². The molecule has 0 aliphatic heterocycles. The van der Waals surface area contributed by atoms with Gasteiger partial charge in [0.15, 0.2) is 5.60 Å². The number of carboxylic acid groups (broad SMARTS) is 2. The Hall–Kier alpha value is -2.93. The summed E-state index contributed by atoms with van der Waals surface area (Å²) in [6.07, 6.45) is 2.13. The molecule has 0 fully saturated rings. The maximum atomic E-state index is 11.1. The first kappa shape index (κ1) is 21.4. The van der Waals surface area contributed by atoms with Gasteiger partial charge in [0.1, 0.15) is 11.5 Å². The molecule has 148 valence electrons. The van der Waals surface area contributed by atoms with Crippen LogP contribution in [-0.2, 0) is 16.0 Å². The molecular formula is C21H22O6S. The fourth-order valence-electron chi connectivity index (χ4n) is 2.23. The molecule has 0 saturated heterocycles. The average Bonchev–Trinajstić information content (AvgIpc) is 2.64. The Labute approximate surface area is 168 Å². The summed E-state index contributed by atoms with van der Waals surface area (Å²) in [6.45, 7) is 3.46. The van der Waals surface area contributed by atoms with E-state index in [9.17, 15) is 9.59 Å². The van der Waals surface area contributed by atoms with Crippen LogP contribution in [0.5, 0.6) is 11.5 Å². The van der Waals surface area contributed by atoms with Crippen molar-refractivity contribution in [3.05, 3.63) is 64.6 Å². The monoisotopic (exact) mass is 402 g/mol. The second kappa shape index (κ2) is 9.32. The van der Waals surface area contributed by atoms with E-state index in [1.165, 1.54) is 19.9 Å². The van der Waals surface area contributed by atoms with Gasteiger partial charge in [0.05, 0.1) is 11.5 Å². The number of rotatable bonds is 9. The van der Waals surface area contributed by atoms with Crippen LogP contribution < -0.4 is 9.47 Å². The van der Waals surface area contributed by atoms with Gasteiger partial charge in [-0.25, -0.2) is 9.59 Å². The Morgan fingerprint density at radius 2 is 1.57 bits per heavy atom. The molecule has 0 bridgehead atoms. The van der Waals surface area contributed by atoms with Crippen molar-refractivity contribution in [1.29, 1.82) is 0 Å². The van der Waals surface area contributed by atoms with Crippen molar-refractivity contribution in [2.75, 3.05) is 6.61 Å². The summed E-state index contributed by atoms with van der Waals surface area (Å²) in [5, 5.41) is 17.9. The van der Waals surface area contributed by atoms with E-state index in [2.05, 4.69) is 12.6 Å². The number of carboxylic acids is 2. The molecule has 0 atom stereocenters. The van der Waals surface area contributed by atoms with Crippen molar-refractivity contribution in [2.24, 2.45) is 0 Å². The van der Waals surface area contributed by atoms with Crippen LogP contribution >= 0.6 is 12.6 Å². The zero-order valence-electron chi connectivity index (χ0n) is 15.6. The summed E-state index contributed by atoms with van der Waals surface area (Å²) in [5.41, 5.74) is 0.463. The minimum Gasteiger partial charge on any atom is -0.493 e. The second-order valence-electron chi connectivity index (χ2n) is 6.56. The highest BCUT2D eigenvalue weighted by Gasteiger charge is 2.29. The normalized spacial score (nSPS) is 11.8. The van der Waals surface area contributed by atoms with Crippen LogP contribution in [0.15, 0.2) is 53.4 Å². The van der Waals surface area contributed by atoms with Crippen LogP contribution in [-0.4, -0.2) is 34.4 Å². The highest BCUT2D eigenvalue weighted by Crippen LogP contribution is 2.20. The van der Waals surface area contributed by atoms with Gasteiger partial charge in [-0.15, -0.1) is 12.6 Å². The molecule has 0 aromatic heterocycles. The molecule has 0 unspecified atom stereocenters. The first-order chi connectivity index (χ1) is 13.2. The van der Waals surface area contributed by atoms with Crippen molar-refractivity contribution < 1.29 is 29.3 Å². The number of carbonyl (C=O) groups is 2. The van der Waals surface area contributed by atoms with Crippen LogP contribution in [0.4, 0.5) is 0 Å². The minimum absolute atomic E-state index is 0.0344. The first-order valence-electron chi connectivity index (χ1n) is 8.55. The Balaban J connectivity index is 1.85. The van der Waals surface area contributed by atoms with Gasteiger partial charge in [0, 0.05) is 6.42 Å². The topological polar surface area (TPSA) is 93.1 Å². The average molecular weight is 402 g/mol. The second-order valence-corrected chi connectivity index (χ2v) is 7.05. The van der Waals surface area contributed by atoms with Gasteiger partial charge < -0.3 is 19.7 Å². The lowest BCUT2D eigenvalue weighted by atomic mass is 10.1. The third kappa shape index (κ3) is 6.35. The van der Waals surface area contributed by atoms with Gasteiger partial charge in [-0.2, -0.15) is 0 Å². The van der Waals surface area contributed by atoms with Gasteiger partial charge in [-0.1, -0.05) is 24.3 Å². The third-order valence-electron chi connectivity index (χ3n) is 3.87. The van der Waals surface area contributed by atoms with Crippen molar-refractivity contribution in [3.8, 4) is 11.5 Å². The largest absolute Gasteiger partial charge is 0.493 e. The van der Waals surface area contributed by atoms with Crippen LogP contribution in [0, 0.1) is 0 Å². The molecule has 2 N–H and O–H groups in total. The van der Waals surface area contributed by atoms with Crippen LogP contribution in [0.3, 0.4) is 0 Å². The van der Waals surface area contributed by atoms with Crippen molar-refractivity contribution in [1.82, 2.24) is 0 Å². The summed E-state index contributed by atoms with van der Waals surface area (Å²) >= 11 is 3.89.